The average molecular weight is 263 g/mol. The Labute approximate surface area is 111 Å². The van der Waals surface area contributed by atoms with E-state index in [1.165, 1.54) is 0 Å². The van der Waals surface area contributed by atoms with Crippen molar-refractivity contribution in [2.75, 3.05) is 13.2 Å². The van der Waals surface area contributed by atoms with Gasteiger partial charge >= 0.3 is 5.97 Å². The highest BCUT2D eigenvalue weighted by molar-refractivity contribution is 6.03. The number of benzene rings is 1. The van der Waals surface area contributed by atoms with E-state index in [0.29, 0.717) is 6.54 Å². The second-order valence-electron chi connectivity index (χ2n) is 4.99. The molecule has 19 heavy (non-hydrogen) atoms. The van der Waals surface area contributed by atoms with Gasteiger partial charge in [-0.25, -0.2) is 0 Å². The Morgan fingerprint density at radius 2 is 2.05 bits per heavy atom. The highest BCUT2D eigenvalue weighted by Gasteiger charge is 2.53. The van der Waals surface area contributed by atoms with E-state index in [9.17, 15) is 9.59 Å². The van der Waals surface area contributed by atoms with Crippen molar-refractivity contribution in [2.45, 2.75) is 20.4 Å². The number of carboxylic acids is 1. The monoisotopic (exact) mass is 263 g/mol. The number of hydrogen-bond acceptors (Lipinski definition) is 3. The van der Waals surface area contributed by atoms with Crippen LogP contribution in [0.25, 0.3) is 0 Å². The van der Waals surface area contributed by atoms with E-state index in [1.807, 2.05) is 32.0 Å². The average Bonchev–Trinajstić information content (AvgIpc) is 2.28. The first-order chi connectivity index (χ1) is 8.95. The van der Waals surface area contributed by atoms with Crippen LogP contribution in [0, 0.1) is 19.3 Å². The van der Waals surface area contributed by atoms with Crippen molar-refractivity contribution in [3.05, 3.63) is 34.9 Å². The number of carbonyl (C=O) groups excluding carboxylic acids is 1. The van der Waals surface area contributed by atoms with Crippen molar-refractivity contribution in [1.82, 2.24) is 5.32 Å². The maximum atomic E-state index is 12.0. The molecule has 2 rings (SSSR count). The second-order valence-corrected chi connectivity index (χ2v) is 4.99. The summed E-state index contributed by atoms with van der Waals surface area (Å²) in [5.41, 5.74) is 1.77. The van der Waals surface area contributed by atoms with Crippen LogP contribution in [0.1, 0.15) is 16.7 Å². The molecule has 0 atom stereocenters. The van der Waals surface area contributed by atoms with Crippen LogP contribution in [0.4, 0.5) is 0 Å². The molecule has 1 saturated heterocycles. The summed E-state index contributed by atoms with van der Waals surface area (Å²) < 4.78 is 4.87. The third kappa shape index (κ3) is 2.46. The molecule has 0 bridgehead atoms. The zero-order valence-electron chi connectivity index (χ0n) is 11.0. The summed E-state index contributed by atoms with van der Waals surface area (Å²) in [6, 6.07) is 5.97. The number of carboxylic acid groups (broad SMARTS) is 1. The van der Waals surface area contributed by atoms with E-state index in [-0.39, 0.29) is 13.2 Å². The van der Waals surface area contributed by atoms with E-state index in [1.54, 1.807) is 0 Å². The standard InChI is InChI=1S/C14H17NO4/c1-9-3-4-10(2)11(5-9)6-15-12(16)14(13(17)18)7-19-8-14/h3-5H,6-8H2,1-2H3,(H,15,16)(H,17,18). The Morgan fingerprint density at radius 1 is 1.37 bits per heavy atom. The van der Waals surface area contributed by atoms with E-state index < -0.39 is 17.3 Å². The minimum atomic E-state index is -1.41. The van der Waals surface area contributed by atoms with Crippen molar-refractivity contribution in [3.63, 3.8) is 0 Å². The molecule has 1 aromatic rings. The molecule has 1 aliphatic heterocycles. The molecular formula is C14H17NO4. The SMILES string of the molecule is Cc1ccc(C)c(CNC(=O)C2(C(=O)O)COC2)c1. The Kier molecular flexibility index (Phi) is 3.57. The Morgan fingerprint density at radius 3 is 2.58 bits per heavy atom. The number of hydrogen-bond donors (Lipinski definition) is 2. The lowest BCUT2D eigenvalue weighted by molar-refractivity contribution is -0.185. The lowest BCUT2D eigenvalue weighted by atomic mass is 9.85. The quantitative estimate of drug-likeness (QED) is 0.795. The van der Waals surface area contributed by atoms with Crippen LogP contribution in [0.15, 0.2) is 18.2 Å². The van der Waals surface area contributed by atoms with Gasteiger partial charge in [0.15, 0.2) is 5.41 Å². The van der Waals surface area contributed by atoms with Crippen LogP contribution >= 0.6 is 0 Å². The van der Waals surface area contributed by atoms with Gasteiger partial charge in [-0.05, 0) is 25.0 Å². The van der Waals surface area contributed by atoms with Crippen molar-refractivity contribution in [2.24, 2.45) is 5.41 Å². The molecule has 0 aromatic heterocycles. The molecule has 1 aliphatic rings. The molecular weight excluding hydrogens is 246 g/mol. The minimum Gasteiger partial charge on any atom is -0.480 e. The largest absolute Gasteiger partial charge is 0.480 e. The fourth-order valence-electron chi connectivity index (χ4n) is 1.99. The molecule has 1 aromatic carbocycles. The first kappa shape index (κ1) is 13.5. The van der Waals surface area contributed by atoms with Gasteiger partial charge in [0, 0.05) is 6.54 Å². The summed E-state index contributed by atoms with van der Waals surface area (Å²) >= 11 is 0. The topological polar surface area (TPSA) is 75.6 Å². The third-order valence-electron chi connectivity index (χ3n) is 3.48. The summed E-state index contributed by atoms with van der Waals surface area (Å²) in [5, 5.41) is 11.8. The van der Waals surface area contributed by atoms with Gasteiger partial charge in [-0.3, -0.25) is 9.59 Å². The van der Waals surface area contributed by atoms with Gasteiger partial charge in [-0.15, -0.1) is 0 Å². The molecule has 5 heteroatoms. The summed E-state index contributed by atoms with van der Waals surface area (Å²) in [5.74, 6) is -1.61. The summed E-state index contributed by atoms with van der Waals surface area (Å²) in [7, 11) is 0. The van der Waals surface area contributed by atoms with Gasteiger partial charge in [0.25, 0.3) is 0 Å². The first-order valence-corrected chi connectivity index (χ1v) is 6.11. The number of nitrogens with one attached hydrogen (secondary N) is 1. The molecule has 0 saturated carbocycles. The van der Waals surface area contributed by atoms with Gasteiger partial charge in [0.2, 0.25) is 5.91 Å². The molecule has 0 spiro atoms. The van der Waals surface area contributed by atoms with Gasteiger partial charge in [0.1, 0.15) is 0 Å². The molecule has 1 heterocycles. The predicted octanol–water partition coefficient (Wildman–Crippen LogP) is 1.02. The highest BCUT2D eigenvalue weighted by atomic mass is 16.5. The van der Waals surface area contributed by atoms with Gasteiger partial charge in [-0.2, -0.15) is 0 Å². The van der Waals surface area contributed by atoms with Crippen molar-refractivity contribution in [1.29, 1.82) is 0 Å². The van der Waals surface area contributed by atoms with E-state index in [2.05, 4.69) is 5.32 Å². The number of amides is 1. The number of aryl methyl sites for hydroxylation is 2. The molecule has 102 valence electrons. The summed E-state index contributed by atoms with van der Waals surface area (Å²) in [6.45, 7) is 4.16. The normalized spacial score (nSPS) is 16.5. The first-order valence-electron chi connectivity index (χ1n) is 6.11. The maximum Gasteiger partial charge on any atom is 0.324 e. The zero-order chi connectivity index (χ0) is 14.0. The molecule has 2 N–H and O–H groups in total. The van der Waals surface area contributed by atoms with Crippen molar-refractivity contribution < 1.29 is 19.4 Å². The fourth-order valence-corrected chi connectivity index (χ4v) is 1.99. The summed E-state index contributed by atoms with van der Waals surface area (Å²) in [4.78, 5) is 23.1. The number of carbonyl (C=O) groups is 2. The number of rotatable bonds is 4. The number of aliphatic carboxylic acids is 1. The van der Waals surface area contributed by atoms with Crippen LogP contribution in [0.5, 0.6) is 0 Å². The lowest BCUT2D eigenvalue weighted by Crippen LogP contribution is -2.58. The van der Waals surface area contributed by atoms with Crippen LogP contribution in [0.3, 0.4) is 0 Å². The van der Waals surface area contributed by atoms with E-state index in [0.717, 1.165) is 16.7 Å². The Hall–Kier alpha value is -1.88. The lowest BCUT2D eigenvalue weighted by Gasteiger charge is -2.35. The van der Waals surface area contributed by atoms with Crippen molar-refractivity contribution >= 4 is 11.9 Å². The minimum absolute atomic E-state index is 0.0546. The highest BCUT2D eigenvalue weighted by Crippen LogP contribution is 2.28. The number of ether oxygens (including phenoxy) is 1. The van der Waals surface area contributed by atoms with Crippen molar-refractivity contribution in [3.8, 4) is 0 Å². The van der Waals surface area contributed by atoms with E-state index in [4.69, 9.17) is 9.84 Å². The molecule has 0 unspecified atom stereocenters. The smallest absolute Gasteiger partial charge is 0.324 e. The zero-order valence-corrected chi connectivity index (χ0v) is 11.0. The predicted molar refractivity (Wildman–Crippen MR) is 68.7 cm³/mol. The van der Waals surface area contributed by atoms with Gasteiger partial charge in [-0.1, -0.05) is 23.8 Å². The third-order valence-corrected chi connectivity index (χ3v) is 3.48. The van der Waals surface area contributed by atoms with Crippen LogP contribution < -0.4 is 5.32 Å². The van der Waals surface area contributed by atoms with Crippen LogP contribution in [-0.4, -0.2) is 30.2 Å². The second kappa shape index (κ2) is 5.01. The van der Waals surface area contributed by atoms with Gasteiger partial charge in [0.05, 0.1) is 13.2 Å². The Balaban J connectivity index is 2.04. The molecule has 0 aliphatic carbocycles. The Bertz CT molecular complexity index is 520. The summed E-state index contributed by atoms with van der Waals surface area (Å²) in [6.07, 6.45) is 0. The molecule has 1 fully saturated rings. The van der Waals surface area contributed by atoms with Crippen LogP contribution in [-0.2, 0) is 20.9 Å². The van der Waals surface area contributed by atoms with Gasteiger partial charge < -0.3 is 15.2 Å². The molecule has 5 nitrogen and oxygen atoms in total. The van der Waals surface area contributed by atoms with E-state index >= 15 is 0 Å². The maximum absolute atomic E-state index is 12.0. The van der Waals surface area contributed by atoms with Crippen LogP contribution in [0.2, 0.25) is 0 Å². The fraction of sp³-hybridized carbons (Fsp3) is 0.429. The molecule has 1 amide bonds. The molecule has 0 radical (unpaired) electrons.